The number of carbonyl (C=O) groups is 2. The van der Waals surface area contributed by atoms with Gasteiger partial charge < -0.3 is 9.84 Å². The van der Waals surface area contributed by atoms with Crippen molar-refractivity contribution in [3.8, 4) is 0 Å². The van der Waals surface area contributed by atoms with Gasteiger partial charge >= 0.3 is 12.1 Å². The zero-order chi connectivity index (χ0) is 15.2. The fraction of sp³-hybridized carbons (Fsp3) is 0.125. The minimum absolute atomic E-state index is 0.179. The molecule has 5 heteroatoms. The van der Waals surface area contributed by atoms with Crippen LogP contribution in [0.4, 0.5) is 10.5 Å². The predicted molar refractivity (Wildman–Crippen MR) is 78.4 cm³/mol. The van der Waals surface area contributed by atoms with Gasteiger partial charge in [0.05, 0.1) is 5.56 Å². The SMILES string of the molecule is Cc1cc(NC(=O)OCc2ccccc2)ccc1C(=O)O. The number of amides is 1. The maximum atomic E-state index is 11.7. The van der Waals surface area contributed by atoms with Crippen molar-refractivity contribution >= 4 is 17.7 Å². The smallest absolute Gasteiger partial charge is 0.411 e. The molecule has 2 aromatic carbocycles. The van der Waals surface area contributed by atoms with E-state index < -0.39 is 12.1 Å². The van der Waals surface area contributed by atoms with Crippen LogP contribution in [0.25, 0.3) is 0 Å². The fourth-order valence-electron chi connectivity index (χ4n) is 1.86. The summed E-state index contributed by atoms with van der Waals surface area (Å²) >= 11 is 0. The summed E-state index contributed by atoms with van der Waals surface area (Å²) in [7, 11) is 0. The van der Waals surface area contributed by atoms with Crippen LogP contribution in [-0.4, -0.2) is 17.2 Å². The highest BCUT2D eigenvalue weighted by Crippen LogP contribution is 2.15. The van der Waals surface area contributed by atoms with E-state index in [0.29, 0.717) is 11.3 Å². The lowest BCUT2D eigenvalue weighted by Crippen LogP contribution is -2.14. The van der Waals surface area contributed by atoms with Gasteiger partial charge in [-0.2, -0.15) is 0 Å². The standard InChI is InChI=1S/C16H15NO4/c1-11-9-13(7-8-14(11)15(18)19)17-16(20)21-10-12-5-3-2-4-6-12/h2-9H,10H2,1H3,(H,17,20)(H,18,19). The normalized spacial score (nSPS) is 9.95. The molecular weight excluding hydrogens is 270 g/mol. The van der Waals surface area contributed by atoms with Crippen LogP contribution < -0.4 is 5.32 Å². The molecule has 2 aromatic rings. The van der Waals surface area contributed by atoms with Crippen LogP contribution in [-0.2, 0) is 11.3 Å². The molecule has 21 heavy (non-hydrogen) atoms. The quantitative estimate of drug-likeness (QED) is 0.902. The Morgan fingerprint density at radius 2 is 1.86 bits per heavy atom. The second-order valence-electron chi connectivity index (χ2n) is 4.52. The Kier molecular flexibility index (Phi) is 4.56. The minimum atomic E-state index is -0.995. The molecule has 0 aliphatic carbocycles. The summed E-state index contributed by atoms with van der Waals surface area (Å²) in [5.74, 6) is -0.995. The van der Waals surface area contributed by atoms with Gasteiger partial charge in [0, 0.05) is 5.69 Å². The van der Waals surface area contributed by atoms with Gasteiger partial charge in [-0.15, -0.1) is 0 Å². The molecule has 0 bridgehead atoms. The topological polar surface area (TPSA) is 75.6 Å². The maximum absolute atomic E-state index is 11.7. The fourth-order valence-corrected chi connectivity index (χ4v) is 1.86. The molecule has 0 heterocycles. The molecular formula is C16H15NO4. The molecule has 0 saturated carbocycles. The van der Waals surface area contributed by atoms with Crippen LogP contribution in [0.2, 0.25) is 0 Å². The molecule has 0 atom stereocenters. The minimum Gasteiger partial charge on any atom is -0.478 e. The molecule has 1 amide bonds. The third-order valence-electron chi connectivity index (χ3n) is 2.92. The van der Waals surface area contributed by atoms with Crippen molar-refractivity contribution in [3.63, 3.8) is 0 Å². The van der Waals surface area contributed by atoms with Crippen molar-refractivity contribution in [2.45, 2.75) is 13.5 Å². The molecule has 2 rings (SSSR count). The van der Waals surface area contributed by atoms with Crippen LogP contribution in [0.1, 0.15) is 21.5 Å². The van der Waals surface area contributed by atoms with Crippen LogP contribution in [0.15, 0.2) is 48.5 Å². The molecule has 0 unspecified atom stereocenters. The van der Waals surface area contributed by atoms with E-state index in [0.717, 1.165) is 5.56 Å². The molecule has 0 fully saturated rings. The summed E-state index contributed by atoms with van der Waals surface area (Å²) in [4.78, 5) is 22.6. The molecule has 0 aromatic heterocycles. The molecule has 0 radical (unpaired) electrons. The third-order valence-corrected chi connectivity index (χ3v) is 2.92. The molecule has 2 N–H and O–H groups in total. The van der Waals surface area contributed by atoms with Crippen molar-refractivity contribution in [1.82, 2.24) is 0 Å². The van der Waals surface area contributed by atoms with Gasteiger partial charge in [-0.25, -0.2) is 9.59 Å². The van der Waals surface area contributed by atoms with Crippen molar-refractivity contribution in [2.75, 3.05) is 5.32 Å². The lowest BCUT2D eigenvalue weighted by Gasteiger charge is -2.08. The highest BCUT2D eigenvalue weighted by molar-refractivity contribution is 5.91. The highest BCUT2D eigenvalue weighted by Gasteiger charge is 2.09. The van der Waals surface area contributed by atoms with Crippen LogP contribution in [0, 0.1) is 6.92 Å². The third kappa shape index (κ3) is 4.07. The number of carboxylic acid groups (broad SMARTS) is 1. The van der Waals surface area contributed by atoms with E-state index in [4.69, 9.17) is 9.84 Å². The first-order valence-corrected chi connectivity index (χ1v) is 6.38. The molecule has 0 aliphatic rings. The van der Waals surface area contributed by atoms with E-state index in [1.807, 2.05) is 30.3 Å². The van der Waals surface area contributed by atoms with E-state index in [-0.39, 0.29) is 12.2 Å². The summed E-state index contributed by atoms with van der Waals surface area (Å²) in [6.07, 6.45) is -0.582. The Balaban J connectivity index is 1.94. The van der Waals surface area contributed by atoms with Gasteiger partial charge in [-0.1, -0.05) is 30.3 Å². The summed E-state index contributed by atoms with van der Waals surface area (Å²) < 4.78 is 5.08. The van der Waals surface area contributed by atoms with E-state index in [1.54, 1.807) is 13.0 Å². The Labute approximate surface area is 122 Å². The summed E-state index contributed by atoms with van der Waals surface area (Å²) in [6.45, 7) is 1.85. The highest BCUT2D eigenvalue weighted by atomic mass is 16.5. The molecule has 0 spiro atoms. The van der Waals surface area contributed by atoms with Gasteiger partial charge in [-0.3, -0.25) is 5.32 Å². The zero-order valence-corrected chi connectivity index (χ0v) is 11.5. The lowest BCUT2D eigenvalue weighted by molar-refractivity contribution is 0.0696. The molecule has 0 aliphatic heterocycles. The number of benzene rings is 2. The van der Waals surface area contributed by atoms with Gasteiger partial charge in [0.2, 0.25) is 0 Å². The number of carbonyl (C=O) groups excluding carboxylic acids is 1. The van der Waals surface area contributed by atoms with E-state index >= 15 is 0 Å². The van der Waals surface area contributed by atoms with Crippen molar-refractivity contribution in [3.05, 3.63) is 65.2 Å². The average molecular weight is 285 g/mol. The molecule has 0 saturated heterocycles. The predicted octanol–water partition coefficient (Wildman–Crippen LogP) is 3.44. The number of anilines is 1. The first-order chi connectivity index (χ1) is 10.1. The largest absolute Gasteiger partial charge is 0.478 e. The zero-order valence-electron chi connectivity index (χ0n) is 11.5. The van der Waals surface area contributed by atoms with Gasteiger partial charge in [0.15, 0.2) is 0 Å². The van der Waals surface area contributed by atoms with Gasteiger partial charge in [0.1, 0.15) is 6.61 Å². The molecule has 5 nitrogen and oxygen atoms in total. The number of aryl methyl sites for hydroxylation is 1. The Morgan fingerprint density at radius 3 is 2.48 bits per heavy atom. The Morgan fingerprint density at radius 1 is 1.14 bits per heavy atom. The van der Waals surface area contributed by atoms with Crippen molar-refractivity contribution < 1.29 is 19.4 Å². The van der Waals surface area contributed by atoms with E-state index in [2.05, 4.69) is 5.32 Å². The van der Waals surface area contributed by atoms with Crippen LogP contribution >= 0.6 is 0 Å². The summed E-state index contributed by atoms with van der Waals surface area (Å²) in [5, 5.41) is 11.5. The number of nitrogens with one attached hydrogen (secondary N) is 1. The second kappa shape index (κ2) is 6.56. The van der Waals surface area contributed by atoms with Crippen LogP contribution in [0.5, 0.6) is 0 Å². The van der Waals surface area contributed by atoms with Crippen molar-refractivity contribution in [1.29, 1.82) is 0 Å². The first-order valence-electron chi connectivity index (χ1n) is 6.38. The van der Waals surface area contributed by atoms with Gasteiger partial charge in [-0.05, 0) is 36.2 Å². The number of aromatic carboxylic acids is 1. The number of carboxylic acids is 1. The first kappa shape index (κ1) is 14.6. The Hall–Kier alpha value is -2.82. The summed E-state index contributed by atoms with van der Waals surface area (Å²) in [6, 6.07) is 13.9. The van der Waals surface area contributed by atoms with Gasteiger partial charge in [0.25, 0.3) is 0 Å². The number of hydrogen-bond donors (Lipinski definition) is 2. The number of rotatable bonds is 4. The average Bonchev–Trinajstić information content (AvgIpc) is 2.46. The van der Waals surface area contributed by atoms with Crippen molar-refractivity contribution in [2.24, 2.45) is 0 Å². The Bertz CT molecular complexity index is 653. The maximum Gasteiger partial charge on any atom is 0.411 e. The monoisotopic (exact) mass is 285 g/mol. The van der Waals surface area contributed by atoms with E-state index in [1.165, 1.54) is 12.1 Å². The lowest BCUT2D eigenvalue weighted by atomic mass is 10.1. The van der Waals surface area contributed by atoms with Crippen LogP contribution in [0.3, 0.4) is 0 Å². The number of hydrogen-bond acceptors (Lipinski definition) is 3. The second-order valence-corrected chi connectivity index (χ2v) is 4.52. The summed E-state index contributed by atoms with van der Waals surface area (Å²) in [5.41, 5.74) is 2.17. The molecule has 108 valence electrons. The number of ether oxygens (including phenoxy) is 1. The van der Waals surface area contributed by atoms with E-state index in [9.17, 15) is 9.59 Å².